The molecular weight excluding hydrogens is 306 g/mol. The van der Waals surface area contributed by atoms with E-state index in [9.17, 15) is 9.59 Å². The summed E-state index contributed by atoms with van der Waals surface area (Å²) in [6.07, 6.45) is 1.44. The molecule has 0 saturated heterocycles. The Balaban J connectivity index is 1.95. The number of benzene rings is 2. The molecule has 0 fully saturated rings. The Bertz CT molecular complexity index is 785. The van der Waals surface area contributed by atoms with Crippen molar-refractivity contribution in [3.05, 3.63) is 59.2 Å². The Morgan fingerprint density at radius 2 is 1.83 bits per heavy atom. The van der Waals surface area contributed by atoms with E-state index in [0.29, 0.717) is 11.4 Å². The third-order valence-electron chi connectivity index (χ3n) is 3.53. The second-order valence-corrected chi connectivity index (χ2v) is 5.18. The number of hydrogen-bond acceptors (Lipinski definition) is 4. The summed E-state index contributed by atoms with van der Waals surface area (Å²) in [6, 6.07) is 12.6. The molecule has 124 valence electrons. The predicted octanol–water partition coefficient (Wildman–Crippen LogP) is 2.40. The highest BCUT2D eigenvalue weighted by atomic mass is 16.5. The average Bonchev–Trinajstić information content (AvgIpc) is 2.59. The minimum Gasteiger partial charge on any atom is -0.497 e. The van der Waals surface area contributed by atoms with Crippen LogP contribution in [-0.2, 0) is 9.59 Å². The number of carbonyl (C=O) groups is 2. The zero-order valence-electron chi connectivity index (χ0n) is 13.8. The zero-order valence-corrected chi connectivity index (χ0v) is 13.8. The quantitative estimate of drug-likeness (QED) is 0.515. The van der Waals surface area contributed by atoms with Crippen molar-refractivity contribution in [1.82, 2.24) is 5.43 Å². The maximum atomic E-state index is 11.9. The van der Waals surface area contributed by atoms with Gasteiger partial charge in [0.1, 0.15) is 5.75 Å². The van der Waals surface area contributed by atoms with E-state index in [-0.39, 0.29) is 0 Å². The van der Waals surface area contributed by atoms with Crippen molar-refractivity contribution in [1.29, 1.82) is 0 Å². The summed E-state index contributed by atoms with van der Waals surface area (Å²) in [5, 5.41) is 6.35. The minimum atomic E-state index is -0.838. The van der Waals surface area contributed by atoms with Crippen molar-refractivity contribution in [2.24, 2.45) is 5.10 Å². The second kappa shape index (κ2) is 7.92. The van der Waals surface area contributed by atoms with E-state index in [4.69, 9.17) is 4.74 Å². The van der Waals surface area contributed by atoms with Crippen molar-refractivity contribution < 1.29 is 14.3 Å². The first kappa shape index (κ1) is 17.2. The molecule has 0 aliphatic carbocycles. The Morgan fingerprint density at radius 1 is 1.08 bits per heavy atom. The second-order valence-electron chi connectivity index (χ2n) is 5.18. The minimum absolute atomic E-state index is 0.604. The number of ether oxygens (including phenoxy) is 1. The molecule has 0 spiro atoms. The molecule has 24 heavy (non-hydrogen) atoms. The highest BCUT2D eigenvalue weighted by Crippen LogP contribution is 2.17. The van der Waals surface area contributed by atoms with Gasteiger partial charge in [0.15, 0.2) is 0 Å². The monoisotopic (exact) mass is 325 g/mol. The number of nitrogens with zero attached hydrogens (tertiary/aromatic N) is 1. The van der Waals surface area contributed by atoms with Gasteiger partial charge < -0.3 is 10.1 Å². The first-order valence-electron chi connectivity index (χ1n) is 7.36. The number of amides is 2. The van der Waals surface area contributed by atoms with Gasteiger partial charge in [0.2, 0.25) is 0 Å². The number of nitrogens with one attached hydrogen (secondary N) is 2. The van der Waals surface area contributed by atoms with Gasteiger partial charge in [-0.15, -0.1) is 0 Å². The van der Waals surface area contributed by atoms with Gasteiger partial charge in [0, 0.05) is 5.69 Å². The molecule has 0 saturated carbocycles. The normalized spacial score (nSPS) is 10.5. The van der Waals surface area contributed by atoms with Gasteiger partial charge in [-0.25, -0.2) is 5.43 Å². The molecule has 0 atom stereocenters. The van der Waals surface area contributed by atoms with E-state index in [2.05, 4.69) is 15.8 Å². The summed E-state index contributed by atoms with van der Waals surface area (Å²) in [7, 11) is 1.57. The molecule has 2 aromatic rings. The molecule has 0 aromatic heterocycles. The number of rotatable bonds is 4. The van der Waals surface area contributed by atoms with Gasteiger partial charge in [0.05, 0.1) is 13.3 Å². The van der Waals surface area contributed by atoms with Crippen molar-refractivity contribution in [2.75, 3.05) is 12.4 Å². The molecule has 6 heteroatoms. The predicted molar refractivity (Wildman–Crippen MR) is 93.3 cm³/mol. The largest absolute Gasteiger partial charge is 0.497 e. The Kier molecular flexibility index (Phi) is 5.68. The number of carbonyl (C=O) groups excluding carboxylic acids is 2. The van der Waals surface area contributed by atoms with Gasteiger partial charge >= 0.3 is 11.8 Å². The number of anilines is 1. The molecule has 0 radical (unpaired) electrons. The topological polar surface area (TPSA) is 79.8 Å². The van der Waals surface area contributed by atoms with Gasteiger partial charge in [-0.1, -0.05) is 24.3 Å². The van der Waals surface area contributed by atoms with Crippen LogP contribution in [0, 0.1) is 13.8 Å². The fourth-order valence-corrected chi connectivity index (χ4v) is 2.00. The first-order valence-corrected chi connectivity index (χ1v) is 7.36. The molecular formula is C18H19N3O3. The van der Waals surface area contributed by atoms with E-state index in [0.717, 1.165) is 16.7 Å². The van der Waals surface area contributed by atoms with Crippen LogP contribution in [0.5, 0.6) is 5.75 Å². The SMILES string of the molecule is COc1cccc(C=NNC(=O)C(=O)Nc2cccc(C)c2C)c1. The summed E-state index contributed by atoms with van der Waals surface area (Å²) < 4.78 is 5.09. The lowest BCUT2D eigenvalue weighted by molar-refractivity contribution is -0.136. The fraction of sp³-hybridized carbons (Fsp3) is 0.167. The lowest BCUT2D eigenvalue weighted by Gasteiger charge is -2.09. The van der Waals surface area contributed by atoms with E-state index in [1.54, 1.807) is 37.4 Å². The Hall–Kier alpha value is -3.15. The van der Waals surface area contributed by atoms with E-state index in [1.165, 1.54) is 6.21 Å². The molecule has 2 aromatic carbocycles. The third kappa shape index (κ3) is 4.42. The molecule has 2 N–H and O–H groups in total. The van der Waals surface area contributed by atoms with Gasteiger partial charge in [-0.3, -0.25) is 9.59 Å². The van der Waals surface area contributed by atoms with E-state index in [1.807, 2.05) is 26.0 Å². The summed E-state index contributed by atoms with van der Waals surface area (Å²) in [4.78, 5) is 23.7. The van der Waals surface area contributed by atoms with Gasteiger partial charge in [0.25, 0.3) is 0 Å². The molecule has 2 amide bonds. The summed E-state index contributed by atoms with van der Waals surface area (Å²) in [5.41, 5.74) is 5.49. The highest BCUT2D eigenvalue weighted by Gasteiger charge is 2.14. The molecule has 0 aliphatic heterocycles. The van der Waals surface area contributed by atoms with Crippen LogP contribution < -0.4 is 15.5 Å². The lowest BCUT2D eigenvalue weighted by atomic mass is 10.1. The van der Waals surface area contributed by atoms with Gasteiger partial charge in [-0.05, 0) is 48.7 Å². The lowest BCUT2D eigenvalue weighted by Crippen LogP contribution is -2.32. The van der Waals surface area contributed by atoms with Gasteiger partial charge in [-0.2, -0.15) is 5.10 Å². The van der Waals surface area contributed by atoms with Crippen molar-refractivity contribution >= 4 is 23.7 Å². The fourth-order valence-electron chi connectivity index (χ4n) is 2.00. The number of aryl methyl sites for hydroxylation is 1. The van der Waals surface area contributed by atoms with Crippen LogP contribution in [0.4, 0.5) is 5.69 Å². The van der Waals surface area contributed by atoms with Crippen LogP contribution in [0.3, 0.4) is 0 Å². The summed E-state index contributed by atoms with van der Waals surface area (Å²) in [5.74, 6) is -0.931. The number of hydrazone groups is 1. The zero-order chi connectivity index (χ0) is 17.5. The molecule has 2 rings (SSSR count). The smallest absolute Gasteiger partial charge is 0.329 e. The van der Waals surface area contributed by atoms with Crippen LogP contribution in [0.15, 0.2) is 47.6 Å². The number of methoxy groups -OCH3 is 1. The van der Waals surface area contributed by atoms with Crippen molar-refractivity contribution in [2.45, 2.75) is 13.8 Å². The number of hydrogen-bond donors (Lipinski definition) is 2. The Labute approximate surface area is 140 Å². The molecule has 0 heterocycles. The van der Waals surface area contributed by atoms with Crippen molar-refractivity contribution in [3.63, 3.8) is 0 Å². The van der Waals surface area contributed by atoms with E-state index < -0.39 is 11.8 Å². The molecule has 6 nitrogen and oxygen atoms in total. The maximum absolute atomic E-state index is 11.9. The van der Waals surface area contributed by atoms with Crippen LogP contribution >= 0.6 is 0 Å². The van der Waals surface area contributed by atoms with Crippen LogP contribution in [0.25, 0.3) is 0 Å². The Morgan fingerprint density at radius 3 is 2.58 bits per heavy atom. The van der Waals surface area contributed by atoms with Crippen molar-refractivity contribution in [3.8, 4) is 5.75 Å². The summed E-state index contributed by atoms with van der Waals surface area (Å²) in [6.45, 7) is 3.81. The van der Waals surface area contributed by atoms with Crippen LogP contribution in [0.1, 0.15) is 16.7 Å². The maximum Gasteiger partial charge on any atom is 0.329 e. The average molecular weight is 325 g/mol. The van der Waals surface area contributed by atoms with E-state index >= 15 is 0 Å². The molecule has 0 unspecified atom stereocenters. The van der Waals surface area contributed by atoms with Crippen LogP contribution in [0.2, 0.25) is 0 Å². The highest BCUT2D eigenvalue weighted by molar-refractivity contribution is 6.39. The molecule has 0 bridgehead atoms. The summed E-state index contributed by atoms with van der Waals surface area (Å²) >= 11 is 0. The third-order valence-corrected chi connectivity index (χ3v) is 3.53. The molecule has 0 aliphatic rings. The standard InChI is InChI=1S/C18H19N3O3/c1-12-6-4-9-16(13(12)2)20-17(22)18(23)21-19-11-14-7-5-8-15(10-14)24-3/h4-11H,1-3H3,(H,20,22)(H,21,23). The first-order chi connectivity index (χ1) is 11.5. The van der Waals surface area contributed by atoms with Crippen LogP contribution in [-0.4, -0.2) is 25.1 Å².